The number of phenolic OH excluding ortho intramolecular Hbond substituents is 1. The first kappa shape index (κ1) is 16.7. The highest BCUT2D eigenvalue weighted by Crippen LogP contribution is 2.30. The van der Waals surface area contributed by atoms with Crippen LogP contribution >= 0.6 is 0 Å². The number of rotatable bonds is 7. The second-order valence-electron chi connectivity index (χ2n) is 6.46. The summed E-state index contributed by atoms with van der Waals surface area (Å²) in [5.41, 5.74) is 2.74. The molecule has 0 amide bonds. The SMILES string of the molecule is Oc1ccc2c(c1)OC(CNCCCOc1ccc3ocnc3c1)CC2. The summed E-state index contributed by atoms with van der Waals surface area (Å²) in [5.74, 6) is 1.85. The van der Waals surface area contributed by atoms with Gasteiger partial charge in [-0.15, -0.1) is 0 Å². The molecule has 0 saturated carbocycles. The molecule has 2 aromatic carbocycles. The second-order valence-corrected chi connectivity index (χ2v) is 6.46. The van der Waals surface area contributed by atoms with Crippen molar-refractivity contribution >= 4 is 11.1 Å². The molecule has 136 valence electrons. The third-order valence-corrected chi connectivity index (χ3v) is 4.52. The van der Waals surface area contributed by atoms with Crippen molar-refractivity contribution in [2.45, 2.75) is 25.4 Å². The summed E-state index contributed by atoms with van der Waals surface area (Å²) in [7, 11) is 0. The first-order valence-electron chi connectivity index (χ1n) is 8.93. The molecule has 1 aliphatic rings. The Morgan fingerprint density at radius 1 is 1.23 bits per heavy atom. The van der Waals surface area contributed by atoms with Crippen LogP contribution in [-0.4, -0.2) is 35.9 Å². The lowest BCUT2D eigenvalue weighted by atomic mass is 10.0. The number of fused-ring (bicyclic) bond motifs is 2. The van der Waals surface area contributed by atoms with Gasteiger partial charge >= 0.3 is 0 Å². The molecule has 0 saturated heterocycles. The third-order valence-electron chi connectivity index (χ3n) is 4.52. The van der Waals surface area contributed by atoms with E-state index in [2.05, 4.69) is 10.3 Å². The summed E-state index contributed by atoms with van der Waals surface area (Å²) >= 11 is 0. The summed E-state index contributed by atoms with van der Waals surface area (Å²) in [5, 5.41) is 13.0. The number of phenols is 1. The number of hydrogen-bond donors (Lipinski definition) is 2. The first-order valence-corrected chi connectivity index (χ1v) is 8.93. The molecule has 1 unspecified atom stereocenters. The van der Waals surface area contributed by atoms with E-state index in [1.807, 2.05) is 24.3 Å². The van der Waals surface area contributed by atoms with Crippen molar-refractivity contribution in [1.29, 1.82) is 0 Å². The zero-order valence-electron chi connectivity index (χ0n) is 14.5. The second kappa shape index (κ2) is 7.66. The van der Waals surface area contributed by atoms with E-state index in [0.29, 0.717) is 6.61 Å². The maximum atomic E-state index is 9.57. The number of aromatic nitrogens is 1. The van der Waals surface area contributed by atoms with Crippen molar-refractivity contribution in [2.24, 2.45) is 0 Å². The van der Waals surface area contributed by atoms with E-state index in [4.69, 9.17) is 13.9 Å². The maximum Gasteiger partial charge on any atom is 0.181 e. The molecule has 3 aromatic rings. The van der Waals surface area contributed by atoms with Gasteiger partial charge in [0.25, 0.3) is 0 Å². The summed E-state index contributed by atoms with van der Waals surface area (Å²) in [4.78, 5) is 4.12. The van der Waals surface area contributed by atoms with E-state index in [9.17, 15) is 5.11 Å². The zero-order chi connectivity index (χ0) is 17.8. The molecule has 6 nitrogen and oxygen atoms in total. The Morgan fingerprint density at radius 2 is 2.19 bits per heavy atom. The van der Waals surface area contributed by atoms with Crippen LogP contribution in [0.4, 0.5) is 0 Å². The predicted octanol–water partition coefficient (Wildman–Crippen LogP) is 3.29. The average molecular weight is 354 g/mol. The largest absolute Gasteiger partial charge is 0.508 e. The summed E-state index contributed by atoms with van der Waals surface area (Å²) < 4.78 is 16.9. The fourth-order valence-corrected chi connectivity index (χ4v) is 3.14. The van der Waals surface area contributed by atoms with Gasteiger partial charge in [0.05, 0.1) is 6.61 Å². The van der Waals surface area contributed by atoms with Crippen LogP contribution < -0.4 is 14.8 Å². The lowest BCUT2D eigenvalue weighted by Gasteiger charge is -2.26. The molecule has 0 bridgehead atoms. The Bertz CT molecular complexity index is 877. The van der Waals surface area contributed by atoms with E-state index < -0.39 is 0 Å². The molecule has 1 aromatic heterocycles. The van der Waals surface area contributed by atoms with E-state index in [1.54, 1.807) is 12.1 Å². The van der Waals surface area contributed by atoms with Crippen LogP contribution in [0.5, 0.6) is 17.2 Å². The number of aryl methyl sites for hydroxylation is 1. The Labute approximate surface area is 151 Å². The van der Waals surface area contributed by atoms with Gasteiger partial charge in [-0.05, 0) is 49.6 Å². The van der Waals surface area contributed by atoms with Crippen molar-refractivity contribution in [3.8, 4) is 17.2 Å². The zero-order valence-corrected chi connectivity index (χ0v) is 14.5. The smallest absolute Gasteiger partial charge is 0.181 e. The minimum Gasteiger partial charge on any atom is -0.508 e. The molecule has 2 N–H and O–H groups in total. The number of aromatic hydroxyl groups is 1. The quantitative estimate of drug-likeness (QED) is 0.634. The van der Waals surface area contributed by atoms with Gasteiger partial charge in [-0.2, -0.15) is 0 Å². The molecule has 4 rings (SSSR count). The highest BCUT2D eigenvalue weighted by Gasteiger charge is 2.19. The van der Waals surface area contributed by atoms with Crippen molar-refractivity contribution in [3.05, 3.63) is 48.4 Å². The monoisotopic (exact) mass is 354 g/mol. The molecule has 0 spiro atoms. The predicted molar refractivity (Wildman–Crippen MR) is 97.8 cm³/mol. The molecule has 1 aliphatic heterocycles. The van der Waals surface area contributed by atoms with Gasteiger partial charge in [0.1, 0.15) is 28.9 Å². The highest BCUT2D eigenvalue weighted by molar-refractivity contribution is 5.73. The van der Waals surface area contributed by atoms with Gasteiger partial charge in [-0.1, -0.05) is 6.07 Å². The van der Waals surface area contributed by atoms with Crippen LogP contribution in [0.25, 0.3) is 11.1 Å². The normalized spacial score (nSPS) is 16.2. The third kappa shape index (κ3) is 3.91. The van der Waals surface area contributed by atoms with Crippen LogP contribution in [0.2, 0.25) is 0 Å². The van der Waals surface area contributed by atoms with Crippen LogP contribution in [0.15, 0.2) is 47.2 Å². The number of nitrogens with zero attached hydrogens (tertiary/aromatic N) is 1. The fraction of sp³-hybridized carbons (Fsp3) is 0.350. The molecule has 6 heteroatoms. The molecule has 2 heterocycles. The average Bonchev–Trinajstić information content (AvgIpc) is 3.12. The van der Waals surface area contributed by atoms with Crippen LogP contribution in [0.3, 0.4) is 0 Å². The molecule has 0 fully saturated rings. The molecule has 0 aliphatic carbocycles. The minimum absolute atomic E-state index is 0.139. The van der Waals surface area contributed by atoms with Crippen LogP contribution in [0.1, 0.15) is 18.4 Å². The van der Waals surface area contributed by atoms with Gasteiger partial charge in [-0.3, -0.25) is 0 Å². The molecular weight excluding hydrogens is 332 g/mol. The first-order chi connectivity index (χ1) is 12.8. The fourth-order valence-electron chi connectivity index (χ4n) is 3.14. The van der Waals surface area contributed by atoms with E-state index >= 15 is 0 Å². The molecular formula is C20H22N2O4. The van der Waals surface area contributed by atoms with Gasteiger partial charge in [-0.25, -0.2) is 4.98 Å². The Morgan fingerprint density at radius 3 is 3.15 bits per heavy atom. The van der Waals surface area contributed by atoms with Gasteiger partial charge in [0, 0.05) is 18.7 Å². The molecule has 26 heavy (non-hydrogen) atoms. The van der Waals surface area contributed by atoms with Crippen LogP contribution in [0, 0.1) is 0 Å². The van der Waals surface area contributed by atoms with E-state index in [1.165, 1.54) is 6.39 Å². The van der Waals surface area contributed by atoms with Crippen molar-refractivity contribution in [1.82, 2.24) is 10.3 Å². The Balaban J connectivity index is 1.15. The maximum absolute atomic E-state index is 9.57. The number of nitrogens with one attached hydrogen (secondary N) is 1. The standard InChI is InChI=1S/C20H22N2O4/c23-15-4-2-14-3-5-17(26-20(14)10-15)12-21-8-1-9-24-16-6-7-19-18(11-16)22-13-25-19/h2,4,6-7,10-11,13,17,21,23H,1,3,5,8-9,12H2. The lowest BCUT2D eigenvalue weighted by molar-refractivity contribution is 0.169. The number of benzene rings is 2. The number of oxazole rings is 1. The van der Waals surface area contributed by atoms with Crippen molar-refractivity contribution < 1.29 is 19.0 Å². The summed E-state index contributed by atoms with van der Waals surface area (Å²) in [6, 6.07) is 11.0. The number of ether oxygens (including phenoxy) is 2. The minimum atomic E-state index is 0.139. The van der Waals surface area contributed by atoms with Crippen molar-refractivity contribution in [2.75, 3.05) is 19.7 Å². The highest BCUT2D eigenvalue weighted by atomic mass is 16.5. The topological polar surface area (TPSA) is 76.8 Å². The lowest BCUT2D eigenvalue weighted by Crippen LogP contribution is -2.34. The summed E-state index contributed by atoms with van der Waals surface area (Å²) in [6.07, 6.45) is 4.45. The summed E-state index contributed by atoms with van der Waals surface area (Å²) in [6.45, 7) is 2.29. The Hall–Kier alpha value is -2.73. The molecule has 1 atom stereocenters. The number of hydrogen-bond acceptors (Lipinski definition) is 6. The van der Waals surface area contributed by atoms with Gasteiger partial charge in [0.15, 0.2) is 12.0 Å². The Kier molecular flexibility index (Phi) is 4.93. The molecule has 0 radical (unpaired) electrons. The van der Waals surface area contributed by atoms with E-state index in [0.717, 1.165) is 60.5 Å². The van der Waals surface area contributed by atoms with Crippen LogP contribution in [-0.2, 0) is 6.42 Å². The van der Waals surface area contributed by atoms with Gasteiger partial charge in [0.2, 0.25) is 0 Å². The van der Waals surface area contributed by atoms with Gasteiger partial charge < -0.3 is 24.3 Å². The van der Waals surface area contributed by atoms with Crippen molar-refractivity contribution in [3.63, 3.8) is 0 Å². The van der Waals surface area contributed by atoms with E-state index in [-0.39, 0.29) is 11.9 Å².